The molecule has 30 heavy (non-hydrogen) atoms. The Hall–Kier alpha value is -3.10. The van der Waals surface area contributed by atoms with E-state index in [-0.39, 0.29) is 24.2 Å². The van der Waals surface area contributed by atoms with E-state index < -0.39 is 17.7 Å². The van der Waals surface area contributed by atoms with Gasteiger partial charge in [-0.2, -0.15) is 13.2 Å². The minimum atomic E-state index is -4.52. The number of carbonyl (C=O) groups is 2. The van der Waals surface area contributed by atoms with Crippen LogP contribution in [0.1, 0.15) is 30.9 Å². The molecule has 1 aromatic carbocycles. The number of nitrogens with zero attached hydrogens (tertiary/aromatic N) is 2. The molecule has 0 saturated carbocycles. The van der Waals surface area contributed by atoms with Crippen molar-refractivity contribution >= 4 is 29.0 Å². The Balaban J connectivity index is 1.78. The summed E-state index contributed by atoms with van der Waals surface area (Å²) in [5.74, 6) is -1.24. The highest BCUT2D eigenvalue weighted by Gasteiger charge is 2.37. The van der Waals surface area contributed by atoms with Gasteiger partial charge in [-0.05, 0) is 49.6 Å². The number of piperidine rings is 1. The first-order valence-corrected chi connectivity index (χ1v) is 9.61. The van der Waals surface area contributed by atoms with E-state index in [0.717, 1.165) is 11.6 Å². The fraction of sp³-hybridized carbons (Fsp3) is 0.381. The number of amides is 2. The monoisotopic (exact) mass is 420 g/mol. The van der Waals surface area contributed by atoms with E-state index in [1.54, 1.807) is 12.1 Å². The summed E-state index contributed by atoms with van der Waals surface area (Å²) in [7, 11) is 0. The van der Waals surface area contributed by atoms with Crippen LogP contribution in [0.3, 0.4) is 0 Å². The van der Waals surface area contributed by atoms with Crippen molar-refractivity contribution in [2.24, 2.45) is 5.92 Å². The van der Waals surface area contributed by atoms with Gasteiger partial charge in [-0.3, -0.25) is 9.59 Å². The zero-order valence-corrected chi connectivity index (χ0v) is 16.7. The minimum Gasteiger partial charge on any atom is -0.355 e. The Morgan fingerprint density at radius 1 is 1.17 bits per heavy atom. The Bertz CT molecular complexity index is 946. The van der Waals surface area contributed by atoms with E-state index in [1.807, 2.05) is 13.0 Å². The lowest BCUT2D eigenvalue weighted by Crippen LogP contribution is -2.42. The van der Waals surface area contributed by atoms with Gasteiger partial charge in [0.05, 0.1) is 22.9 Å². The van der Waals surface area contributed by atoms with Crippen molar-refractivity contribution in [1.82, 2.24) is 4.98 Å². The SMILES string of the molecule is CC(=O)Nc1ccc(C)cc1NC(=O)C1CCCN(c2ncccc2C(F)(F)F)C1. The van der Waals surface area contributed by atoms with E-state index in [2.05, 4.69) is 15.6 Å². The fourth-order valence-corrected chi connectivity index (χ4v) is 3.55. The predicted octanol–water partition coefficient (Wildman–Crippen LogP) is 4.22. The second-order valence-electron chi connectivity index (χ2n) is 7.38. The molecule has 0 spiro atoms. The topological polar surface area (TPSA) is 74.3 Å². The molecular weight excluding hydrogens is 397 g/mol. The number of hydrogen-bond acceptors (Lipinski definition) is 4. The van der Waals surface area contributed by atoms with Crippen LogP contribution in [0.4, 0.5) is 30.4 Å². The number of halogens is 3. The molecule has 0 radical (unpaired) electrons. The van der Waals surface area contributed by atoms with Crippen LogP contribution in [0.15, 0.2) is 36.5 Å². The lowest BCUT2D eigenvalue weighted by molar-refractivity contribution is -0.137. The third kappa shape index (κ3) is 5.08. The zero-order valence-electron chi connectivity index (χ0n) is 16.7. The van der Waals surface area contributed by atoms with Gasteiger partial charge >= 0.3 is 6.18 Å². The Morgan fingerprint density at radius 2 is 1.93 bits per heavy atom. The molecule has 0 aliphatic carbocycles. The van der Waals surface area contributed by atoms with Crippen LogP contribution in [0, 0.1) is 12.8 Å². The van der Waals surface area contributed by atoms with Crippen molar-refractivity contribution < 1.29 is 22.8 Å². The second kappa shape index (κ2) is 8.73. The van der Waals surface area contributed by atoms with Crippen LogP contribution in [0.2, 0.25) is 0 Å². The summed E-state index contributed by atoms with van der Waals surface area (Å²) in [6.45, 7) is 3.75. The van der Waals surface area contributed by atoms with Crippen LogP contribution >= 0.6 is 0 Å². The first kappa shape index (κ1) is 21.6. The standard InChI is InChI=1S/C21H23F3N4O2/c1-13-7-8-17(26-14(2)29)18(11-13)27-20(30)15-5-4-10-28(12-15)19-16(21(22,23)24)6-3-9-25-19/h3,6-9,11,15H,4-5,10,12H2,1-2H3,(H,26,29)(H,27,30). The van der Waals surface area contributed by atoms with Gasteiger partial charge in [0.25, 0.3) is 0 Å². The van der Waals surface area contributed by atoms with Crippen molar-refractivity contribution in [2.75, 3.05) is 28.6 Å². The van der Waals surface area contributed by atoms with Gasteiger partial charge in [-0.1, -0.05) is 6.07 Å². The quantitative estimate of drug-likeness (QED) is 0.777. The van der Waals surface area contributed by atoms with Crippen LogP contribution in [0.25, 0.3) is 0 Å². The largest absolute Gasteiger partial charge is 0.419 e. The van der Waals surface area contributed by atoms with Gasteiger partial charge in [0.1, 0.15) is 5.82 Å². The van der Waals surface area contributed by atoms with E-state index in [9.17, 15) is 22.8 Å². The summed E-state index contributed by atoms with van der Waals surface area (Å²) in [4.78, 5) is 29.8. The van der Waals surface area contributed by atoms with Gasteiger partial charge in [0.2, 0.25) is 11.8 Å². The number of benzene rings is 1. The molecule has 2 amide bonds. The van der Waals surface area contributed by atoms with Crippen LogP contribution in [-0.4, -0.2) is 29.9 Å². The normalized spacial score (nSPS) is 16.8. The Labute approximate surface area is 172 Å². The average molecular weight is 420 g/mol. The summed E-state index contributed by atoms with van der Waals surface area (Å²) >= 11 is 0. The maximum atomic E-state index is 13.4. The maximum Gasteiger partial charge on any atom is 0.419 e. The van der Waals surface area contributed by atoms with Crippen molar-refractivity contribution in [3.63, 3.8) is 0 Å². The molecule has 3 rings (SSSR count). The number of aromatic nitrogens is 1. The molecule has 2 heterocycles. The third-order valence-electron chi connectivity index (χ3n) is 4.93. The zero-order chi connectivity index (χ0) is 21.9. The molecule has 2 aromatic rings. The smallest absolute Gasteiger partial charge is 0.355 e. The van der Waals surface area contributed by atoms with Crippen molar-refractivity contribution in [3.05, 3.63) is 47.7 Å². The molecule has 9 heteroatoms. The number of alkyl halides is 3. The van der Waals surface area contributed by atoms with E-state index in [1.165, 1.54) is 24.1 Å². The summed E-state index contributed by atoms with van der Waals surface area (Å²) < 4.78 is 40.1. The summed E-state index contributed by atoms with van der Waals surface area (Å²) in [5, 5.41) is 5.49. The first-order valence-electron chi connectivity index (χ1n) is 9.61. The highest BCUT2D eigenvalue weighted by atomic mass is 19.4. The number of anilines is 3. The van der Waals surface area contributed by atoms with Gasteiger partial charge in [-0.15, -0.1) is 0 Å². The molecule has 1 aromatic heterocycles. The highest BCUT2D eigenvalue weighted by molar-refractivity contribution is 6.00. The fourth-order valence-electron chi connectivity index (χ4n) is 3.55. The van der Waals surface area contributed by atoms with Gasteiger partial charge in [-0.25, -0.2) is 4.98 Å². The van der Waals surface area contributed by atoms with Crippen LogP contribution < -0.4 is 15.5 Å². The van der Waals surface area contributed by atoms with Crippen molar-refractivity contribution in [1.29, 1.82) is 0 Å². The lowest BCUT2D eigenvalue weighted by Gasteiger charge is -2.34. The number of aryl methyl sites for hydroxylation is 1. The van der Waals surface area contributed by atoms with E-state index in [4.69, 9.17) is 0 Å². The lowest BCUT2D eigenvalue weighted by atomic mass is 9.96. The molecule has 2 N–H and O–H groups in total. The van der Waals surface area contributed by atoms with Crippen molar-refractivity contribution in [3.8, 4) is 0 Å². The number of nitrogens with one attached hydrogen (secondary N) is 2. The van der Waals surface area contributed by atoms with Crippen LogP contribution in [0.5, 0.6) is 0 Å². The molecule has 1 unspecified atom stereocenters. The molecule has 1 atom stereocenters. The molecule has 6 nitrogen and oxygen atoms in total. The highest BCUT2D eigenvalue weighted by Crippen LogP contribution is 2.36. The Morgan fingerprint density at radius 3 is 2.63 bits per heavy atom. The van der Waals surface area contributed by atoms with Crippen molar-refractivity contribution in [2.45, 2.75) is 32.9 Å². The van der Waals surface area contributed by atoms with Gasteiger partial charge in [0, 0.05) is 26.2 Å². The number of hydrogen-bond donors (Lipinski definition) is 2. The van der Waals surface area contributed by atoms with Crippen LogP contribution in [-0.2, 0) is 15.8 Å². The molecule has 1 saturated heterocycles. The van der Waals surface area contributed by atoms with Gasteiger partial charge < -0.3 is 15.5 Å². The number of pyridine rings is 1. The molecule has 1 fully saturated rings. The summed E-state index contributed by atoms with van der Waals surface area (Å²) in [5.41, 5.74) is 1.02. The average Bonchev–Trinajstić information content (AvgIpc) is 2.69. The minimum absolute atomic E-state index is 0.132. The number of carbonyl (C=O) groups excluding carboxylic acids is 2. The predicted molar refractivity (Wildman–Crippen MR) is 108 cm³/mol. The third-order valence-corrected chi connectivity index (χ3v) is 4.93. The molecule has 1 aliphatic heterocycles. The number of rotatable bonds is 4. The summed E-state index contributed by atoms with van der Waals surface area (Å²) in [6, 6.07) is 7.50. The molecule has 160 valence electrons. The molecule has 0 bridgehead atoms. The maximum absolute atomic E-state index is 13.4. The van der Waals surface area contributed by atoms with Gasteiger partial charge in [0.15, 0.2) is 0 Å². The summed E-state index contributed by atoms with van der Waals surface area (Å²) in [6.07, 6.45) is -2.08. The van der Waals surface area contributed by atoms with E-state index >= 15 is 0 Å². The molecular formula is C21H23F3N4O2. The molecule has 1 aliphatic rings. The first-order chi connectivity index (χ1) is 14.1. The Kier molecular flexibility index (Phi) is 6.28. The second-order valence-corrected chi connectivity index (χ2v) is 7.38. The van der Waals surface area contributed by atoms with E-state index in [0.29, 0.717) is 30.8 Å².